The summed E-state index contributed by atoms with van der Waals surface area (Å²) in [5.41, 5.74) is 2.06. The van der Waals surface area contributed by atoms with Crippen LogP contribution in [0.1, 0.15) is 31.0 Å². The number of urea groups is 1. The Hall–Kier alpha value is -2.83. The Morgan fingerprint density at radius 1 is 1.21 bits per heavy atom. The molecule has 128 valence electrons. The fraction of sp³-hybridized carbons (Fsp3) is 0.353. The molecule has 0 fully saturated rings. The van der Waals surface area contributed by atoms with Crippen LogP contribution < -0.4 is 16.0 Å². The molecular formula is C17H23N5O2. The summed E-state index contributed by atoms with van der Waals surface area (Å²) in [5.74, 6) is -0.212. The minimum absolute atomic E-state index is 0.0420. The van der Waals surface area contributed by atoms with Crippen LogP contribution in [-0.4, -0.2) is 34.8 Å². The molecule has 0 bridgehead atoms. The Kier molecular flexibility index (Phi) is 6.36. The highest BCUT2D eigenvalue weighted by atomic mass is 16.2. The summed E-state index contributed by atoms with van der Waals surface area (Å²) in [6, 6.07) is 9.44. The third-order valence-electron chi connectivity index (χ3n) is 3.47. The van der Waals surface area contributed by atoms with E-state index in [9.17, 15) is 9.59 Å². The number of aromatic nitrogens is 2. The summed E-state index contributed by atoms with van der Waals surface area (Å²) >= 11 is 0. The molecule has 0 unspecified atom stereocenters. The Labute approximate surface area is 141 Å². The zero-order valence-corrected chi connectivity index (χ0v) is 14.0. The van der Waals surface area contributed by atoms with Crippen molar-refractivity contribution in [1.29, 1.82) is 0 Å². The first-order valence-corrected chi connectivity index (χ1v) is 7.95. The largest absolute Gasteiger partial charge is 0.355 e. The molecule has 1 aromatic carbocycles. The summed E-state index contributed by atoms with van der Waals surface area (Å²) in [5, 5.41) is 12.2. The number of likely N-dealkylation sites (N-methyl/N-ethyl adjacent to an activating group) is 1. The zero-order chi connectivity index (χ0) is 17.4. The second kappa shape index (κ2) is 8.71. The fourth-order valence-corrected chi connectivity index (χ4v) is 2.21. The van der Waals surface area contributed by atoms with E-state index < -0.39 is 0 Å². The average molecular weight is 329 g/mol. The van der Waals surface area contributed by atoms with Crippen molar-refractivity contribution in [3.63, 3.8) is 0 Å². The molecule has 0 saturated heterocycles. The van der Waals surface area contributed by atoms with E-state index in [2.05, 4.69) is 21.0 Å². The lowest BCUT2D eigenvalue weighted by molar-refractivity contribution is -0.119. The van der Waals surface area contributed by atoms with Crippen molar-refractivity contribution in [3.05, 3.63) is 53.9 Å². The van der Waals surface area contributed by atoms with Gasteiger partial charge in [0.2, 0.25) is 5.91 Å². The van der Waals surface area contributed by atoms with Crippen LogP contribution in [0.15, 0.2) is 42.7 Å². The highest BCUT2D eigenvalue weighted by molar-refractivity contribution is 5.83. The standard InChI is InChI=1S/C17H23N5O2/c1-3-18-16(23)10-19-17(24)21-13(2)15-9-20-22(12-15)11-14-7-5-4-6-8-14/h4-9,12-13H,3,10-11H2,1-2H3,(H,18,23)(H2,19,21,24)/t13-/m1/s1. The molecule has 2 aromatic rings. The van der Waals surface area contributed by atoms with Crippen LogP contribution in [0, 0.1) is 0 Å². The summed E-state index contributed by atoms with van der Waals surface area (Å²) in [6.45, 7) is 4.87. The zero-order valence-electron chi connectivity index (χ0n) is 14.0. The van der Waals surface area contributed by atoms with Crippen LogP contribution in [0.5, 0.6) is 0 Å². The molecule has 1 heterocycles. The van der Waals surface area contributed by atoms with Gasteiger partial charge in [-0.3, -0.25) is 9.48 Å². The van der Waals surface area contributed by atoms with E-state index in [0.717, 1.165) is 11.1 Å². The van der Waals surface area contributed by atoms with E-state index >= 15 is 0 Å². The Morgan fingerprint density at radius 2 is 1.96 bits per heavy atom. The van der Waals surface area contributed by atoms with Crippen molar-refractivity contribution < 1.29 is 9.59 Å². The molecule has 0 aliphatic carbocycles. The second-order valence-corrected chi connectivity index (χ2v) is 5.46. The van der Waals surface area contributed by atoms with Gasteiger partial charge in [0.15, 0.2) is 0 Å². The maximum atomic E-state index is 11.8. The summed E-state index contributed by atoms with van der Waals surface area (Å²) in [7, 11) is 0. The van der Waals surface area contributed by atoms with Gasteiger partial charge in [-0.1, -0.05) is 30.3 Å². The molecule has 0 aliphatic rings. The lowest BCUT2D eigenvalue weighted by atomic mass is 10.2. The molecule has 3 N–H and O–H groups in total. The molecule has 1 atom stereocenters. The van der Waals surface area contributed by atoms with E-state index in [1.54, 1.807) is 6.20 Å². The van der Waals surface area contributed by atoms with Crippen LogP contribution in [0.4, 0.5) is 4.79 Å². The van der Waals surface area contributed by atoms with Crippen molar-refractivity contribution in [1.82, 2.24) is 25.7 Å². The van der Waals surface area contributed by atoms with Crippen LogP contribution >= 0.6 is 0 Å². The number of amides is 3. The molecule has 1 aromatic heterocycles. The highest BCUT2D eigenvalue weighted by Gasteiger charge is 2.12. The predicted octanol–water partition coefficient (Wildman–Crippen LogP) is 1.43. The van der Waals surface area contributed by atoms with E-state index in [-0.39, 0.29) is 24.5 Å². The molecule has 7 heteroatoms. The normalized spacial score (nSPS) is 11.6. The van der Waals surface area contributed by atoms with Crippen molar-refractivity contribution in [2.24, 2.45) is 0 Å². The Bertz CT molecular complexity index is 669. The molecular weight excluding hydrogens is 306 g/mol. The second-order valence-electron chi connectivity index (χ2n) is 5.46. The number of carbonyl (C=O) groups excluding carboxylic acids is 2. The first kappa shape index (κ1) is 17.5. The van der Waals surface area contributed by atoms with Gasteiger partial charge in [-0.05, 0) is 19.4 Å². The Balaban J connectivity index is 1.83. The van der Waals surface area contributed by atoms with E-state index in [1.165, 1.54) is 0 Å². The van der Waals surface area contributed by atoms with Gasteiger partial charge in [-0.2, -0.15) is 5.10 Å². The Morgan fingerprint density at radius 3 is 2.67 bits per heavy atom. The lowest BCUT2D eigenvalue weighted by Gasteiger charge is -2.13. The molecule has 0 saturated carbocycles. The third kappa shape index (κ3) is 5.42. The average Bonchev–Trinajstić information content (AvgIpc) is 3.03. The van der Waals surface area contributed by atoms with Crippen LogP contribution in [-0.2, 0) is 11.3 Å². The maximum absolute atomic E-state index is 11.8. The molecule has 0 radical (unpaired) electrons. The smallest absolute Gasteiger partial charge is 0.315 e. The van der Waals surface area contributed by atoms with Crippen molar-refractivity contribution in [3.8, 4) is 0 Å². The van der Waals surface area contributed by atoms with Crippen LogP contribution in [0.3, 0.4) is 0 Å². The quantitative estimate of drug-likeness (QED) is 0.718. The lowest BCUT2D eigenvalue weighted by Crippen LogP contribution is -2.42. The monoisotopic (exact) mass is 329 g/mol. The predicted molar refractivity (Wildman–Crippen MR) is 91.4 cm³/mol. The molecule has 7 nitrogen and oxygen atoms in total. The van der Waals surface area contributed by atoms with E-state index in [1.807, 2.05) is 55.1 Å². The van der Waals surface area contributed by atoms with Crippen LogP contribution in [0.25, 0.3) is 0 Å². The van der Waals surface area contributed by atoms with Gasteiger partial charge < -0.3 is 16.0 Å². The van der Waals surface area contributed by atoms with Crippen LogP contribution in [0.2, 0.25) is 0 Å². The number of nitrogens with zero attached hydrogens (tertiary/aromatic N) is 2. The molecule has 2 rings (SSSR count). The minimum atomic E-state index is -0.385. The minimum Gasteiger partial charge on any atom is -0.355 e. The number of carbonyl (C=O) groups is 2. The SMILES string of the molecule is CCNC(=O)CNC(=O)N[C@H](C)c1cnn(Cc2ccccc2)c1. The molecule has 0 spiro atoms. The van der Waals surface area contributed by atoms with Crippen molar-refractivity contribution in [2.75, 3.05) is 13.1 Å². The van der Waals surface area contributed by atoms with Gasteiger partial charge in [0, 0.05) is 18.3 Å². The number of rotatable bonds is 7. The van der Waals surface area contributed by atoms with E-state index in [4.69, 9.17) is 0 Å². The van der Waals surface area contributed by atoms with Gasteiger partial charge in [0.05, 0.1) is 25.3 Å². The molecule has 3 amide bonds. The van der Waals surface area contributed by atoms with Gasteiger partial charge >= 0.3 is 6.03 Å². The number of nitrogens with one attached hydrogen (secondary N) is 3. The maximum Gasteiger partial charge on any atom is 0.315 e. The number of benzene rings is 1. The molecule has 24 heavy (non-hydrogen) atoms. The third-order valence-corrected chi connectivity index (χ3v) is 3.47. The van der Waals surface area contributed by atoms with Gasteiger partial charge in [0.25, 0.3) is 0 Å². The van der Waals surface area contributed by atoms with Gasteiger partial charge in [0.1, 0.15) is 0 Å². The summed E-state index contributed by atoms with van der Waals surface area (Å²) in [6.07, 6.45) is 3.64. The number of hydrogen-bond donors (Lipinski definition) is 3. The summed E-state index contributed by atoms with van der Waals surface area (Å²) in [4.78, 5) is 23.1. The van der Waals surface area contributed by atoms with Crippen molar-refractivity contribution in [2.45, 2.75) is 26.4 Å². The highest BCUT2D eigenvalue weighted by Crippen LogP contribution is 2.11. The first-order chi connectivity index (χ1) is 11.6. The fourth-order valence-electron chi connectivity index (χ4n) is 2.21. The van der Waals surface area contributed by atoms with E-state index in [0.29, 0.717) is 13.1 Å². The topological polar surface area (TPSA) is 88.1 Å². The van der Waals surface area contributed by atoms with Crippen molar-refractivity contribution >= 4 is 11.9 Å². The van der Waals surface area contributed by atoms with Gasteiger partial charge in [-0.25, -0.2) is 4.79 Å². The first-order valence-electron chi connectivity index (χ1n) is 7.95. The summed E-state index contributed by atoms with van der Waals surface area (Å²) < 4.78 is 1.83. The number of hydrogen-bond acceptors (Lipinski definition) is 3. The molecule has 0 aliphatic heterocycles. The van der Waals surface area contributed by atoms with Gasteiger partial charge in [-0.15, -0.1) is 0 Å².